The summed E-state index contributed by atoms with van der Waals surface area (Å²) in [5.74, 6) is 0.948. The molecule has 1 heterocycles. The summed E-state index contributed by atoms with van der Waals surface area (Å²) in [4.78, 5) is 10.4. The van der Waals surface area contributed by atoms with E-state index in [0.29, 0.717) is 17.5 Å². The third-order valence-corrected chi connectivity index (χ3v) is 11.8. The van der Waals surface area contributed by atoms with Gasteiger partial charge < -0.3 is 0 Å². The smallest absolute Gasteiger partial charge is 0.160 e. The lowest BCUT2D eigenvalue weighted by molar-refractivity contribution is 0.805. The molecule has 8 aromatic carbocycles. The average molecular weight is 737 g/mol. The van der Waals surface area contributed by atoms with Gasteiger partial charge in [0.2, 0.25) is 0 Å². The molecular weight excluding hydrogens is 697 g/mol. The minimum absolute atomic E-state index is 0.300. The van der Waals surface area contributed by atoms with Crippen molar-refractivity contribution in [2.45, 2.75) is 19.3 Å². The van der Waals surface area contributed by atoms with Crippen LogP contribution in [0, 0.1) is 0 Å². The summed E-state index contributed by atoms with van der Waals surface area (Å²) in [5, 5.41) is 4.65. The fourth-order valence-corrected chi connectivity index (χ4v) is 8.94. The van der Waals surface area contributed by atoms with Crippen molar-refractivity contribution >= 4 is 59.5 Å². The van der Waals surface area contributed by atoms with Gasteiger partial charge in [-0.25, -0.2) is 9.98 Å². The SMILES string of the molecule is C=C(/N=C(\N=C(/C)c1ccccc1)c1cccc2ccccc12)c1cccc2sc3cc(-c4ccc(CC(c5ccccc5)c5ccccc5)cc4)ccc3c12. The van der Waals surface area contributed by atoms with Gasteiger partial charge in [0.15, 0.2) is 5.84 Å². The molecule has 0 atom stereocenters. The molecule has 0 spiro atoms. The molecule has 0 fully saturated rings. The van der Waals surface area contributed by atoms with Crippen LogP contribution < -0.4 is 0 Å². The maximum absolute atomic E-state index is 5.24. The number of hydrogen-bond acceptors (Lipinski definition) is 2. The van der Waals surface area contributed by atoms with Gasteiger partial charge >= 0.3 is 0 Å². The normalized spacial score (nSPS) is 12.2. The number of nitrogens with zero attached hydrogens (tertiary/aromatic N) is 2. The third kappa shape index (κ3) is 7.13. The Morgan fingerprint density at radius 1 is 0.536 bits per heavy atom. The van der Waals surface area contributed by atoms with Gasteiger partial charge in [0.1, 0.15) is 0 Å². The largest absolute Gasteiger partial charge is 0.233 e. The van der Waals surface area contributed by atoms with Crippen molar-refractivity contribution in [3.05, 3.63) is 234 Å². The van der Waals surface area contributed by atoms with Crippen LogP contribution in [0.15, 0.2) is 211 Å². The molecule has 9 rings (SSSR count). The number of thiophene rings is 1. The molecule has 0 saturated heterocycles. The maximum atomic E-state index is 5.24. The first-order chi connectivity index (χ1) is 27.6. The standard InChI is InChI=1S/C53H40N2S/c1-36(39-16-6-3-7-17-39)54-53(47-26-14-23-41-22-12-13-24-46(41)47)55-37(2)45-25-15-27-50-52(45)48-33-32-44(35-51(48)56-50)40-30-28-38(29-31-40)34-49(42-18-8-4-9-19-42)43-20-10-5-11-21-43/h3-33,35,49H,2,34H2,1H3/b54-36+,55-53-. The van der Waals surface area contributed by atoms with Gasteiger partial charge in [0.25, 0.3) is 0 Å². The van der Waals surface area contributed by atoms with E-state index >= 15 is 0 Å². The van der Waals surface area contributed by atoms with E-state index in [4.69, 9.17) is 9.98 Å². The third-order valence-electron chi connectivity index (χ3n) is 10.7. The molecule has 3 heteroatoms. The van der Waals surface area contributed by atoms with Crippen molar-refractivity contribution in [1.29, 1.82) is 0 Å². The fourth-order valence-electron chi connectivity index (χ4n) is 7.77. The lowest BCUT2D eigenvalue weighted by Crippen LogP contribution is -2.05. The average Bonchev–Trinajstić information content (AvgIpc) is 3.64. The Morgan fingerprint density at radius 2 is 1.14 bits per heavy atom. The molecule has 268 valence electrons. The van der Waals surface area contributed by atoms with Gasteiger partial charge in [-0.3, -0.25) is 0 Å². The Bertz CT molecular complexity index is 2840. The van der Waals surface area contributed by atoms with Crippen LogP contribution in [0.1, 0.15) is 46.2 Å². The van der Waals surface area contributed by atoms with Gasteiger partial charge in [-0.05, 0) is 69.6 Å². The van der Waals surface area contributed by atoms with Crippen molar-refractivity contribution in [2.24, 2.45) is 9.98 Å². The summed E-state index contributed by atoms with van der Waals surface area (Å²) in [6, 6.07) is 69.1. The highest BCUT2D eigenvalue weighted by molar-refractivity contribution is 7.25. The first kappa shape index (κ1) is 35.0. The molecule has 2 nitrogen and oxygen atoms in total. The zero-order valence-electron chi connectivity index (χ0n) is 31.3. The van der Waals surface area contributed by atoms with E-state index in [-0.39, 0.29) is 0 Å². The molecule has 56 heavy (non-hydrogen) atoms. The summed E-state index contributed by atoms with van der Waals surface area (Å²) in [5.41, 5.74) is 11.1. The maximum Gasteiger partial charge on any atom is 0.160 e. The first-order valence-corrected chi connectivity index (χ1v) is 19.9. The number of rotatable bonds is 9. The molecule has 9 aromatic rings. The van der Waals surface area contributed by atoms with Crippen molar-refractivity contribution in [1.82, 2.24) is 0 Å². The van der Waals surface area contributed by atoms with E-state index in [1.54, 1.807) is 0 Å². The predicted octanol–water partition coefficient (Wildman–Crippen LogP) is 14.2. The zero-order chi connectivity index (χ0) is 37.8. The van der Waals surface area contributed by atoms with Gasteiger partial charge in [0.05, 0.1) is 5.70 Å². The summed E-state index contributed by atoms with van der Waals surface area (Å²) < 4.78 is 2.45. The molecule has 0 aliphatic heterocycles. The quantitative estimate of drug-likeness (QED) is 0.104. The van der Waals surface area contributed by atoms with Crippen LogP contribution in [0.3, 0.4) is 0 Å². The highest BCUT2D eigenvalue weighted by atomic mass is 32.1. The van der Waals surface area contributed by atoms with Crippen LogP contribution in [0.25, 0.3) is 47.8 Å². The Hall–Kier alpha value is -6.68. The molecule has 0 N–H and O–H groups in total. The van der Waals surface area contributed by atoms with Crippen LogP contribution >= 0.6 is 11.3 Å². The topological polar surface area (TPSA) is 24.7 Å². The Balaban J connectivity index is 1.05. The van der Waals surface area contributed by atoms with Crippen LogP contribution in [0.4, 0.5) is 0 Å². The van der Waals surface area contributed by atoms with Gasteiger partial charge in [-0.15, -0.1) is 11.3 Å². The molecule has 0 amide bonds. The van der Waals surface area contributed by atoms with E-state index < -0.39 is 0 Å². The van der Waals surface area contributed by atoms with Crippen molar-refractivity contribution in [3.8, 4) is 11.1 Å². The molecule has 0 aliphatic carbocycles. The molecule has 0 aliphatic rings. The van der Waals surface area contributed by atoms with Crippen LogP contribution in [0.5, 0.6) is 0 Å². The predicted molar refractivity (Wildman–Crippen MR) is 241 cm³/mol. The Kier molecular flexibility index (Phi) is 9.75. The highest BCUT2D eigenvalue weighted by Crippen LogP contribution is 2.40. The Labute approximate surface area is 332 Å². The van der Waals surface area contributed by atoms with Crippen molar-refractivity contribution < 1.29 is 0 Å². The van der Waals surface area contributed by atoms with Gasteiger partial charge in [-0.1, -0.05) is 189 Å². The van der Waals surface area contributed by atoms with Crippen LogP contribution in [-0.4, -0.2) is 11.5 Å². The lowest BCUT2D eigenvalue weighted by Gasteiger charge is -2.18. The molecule has 1 aromatic heterocycles. The minimum Gasteiger partial charge on any atom is -0.233 e. The second kappa shape index (κ2) is 15.6. The minimum atomic E-state index is 0.300. The molecule has 0 bridgehead atoms. The second-order valence-corrected chi connectivity index (χ2v) is 15.3. The summed E-state index contributed by atoms with van der Waals surface area (Å²) in [7, 11) is 0. The first-order valence-electron chi connectivity index (χ1n) is 19.1. The zero-order valence-corrected chi connectivity index (χ0v) is 32.1. The van der Waals surface area contributed by atoms with E-state index in [0.717, 1.165) is 39.6 Å². The molecular formula is C53H40N2S. The summed E-state index contributed by atoms with van der Waals surface area (Å²) >= 11 is 1.82. The number of benzene rings is 8. The van der Waals surface area contributed by atoms with E-state index in [2.05, 4.69) is 183 Å². The highest BCUT2D eigenvalue weighted by Gasteiger charge is 2.17. The van der Waals surface area contributed by atoms with E-state index in [1.165, 1.54) is 48.0 Å². The number of fused-ring (bicyclic) bond motifs is 4. The van der Waals surface area contributed by atoms with Crippen LogP contribution in [0.2, 0.25) is 0 Å². The van der Waals surface area contributed by atoms with Crippen molar-refractivity contribution in [3.63, 3.8) is 0 Å². The van der Waals surface area contributed by atoms with E-state index in [9.17, 15) is 0 Å². The number of amidine groups is 1. The molecule has 0 saturated carbocycles. The second-order valence-electron chi connectivity index (χ2n) is 14.2. The number of hydrogen-bond donors (Lipinski definition) is 0. The molecule has 0 unspecified atom stereocenters. The van der Waals surface area contributed by atoms with Crippen LogP contribution in [-0.2, 0) is 6.42 Å². The fraction of sp³-hybridized carbons (Fsp3) is 0.0566. The summed E-state index contributed by atoms with van der Waals surface area (Å²) in [6.07, 6.45) is 0.943. The summed E-state index contributed by atoms with van der Waals surface area (Å²) in [6.45, 7) is 6.61. The monoisotopic (exact) mass is 736 g/mol. The number of aliphatic imine (C=N–C) groups is 2. The molecule has 0 radical (unpaired) electrons. The van der Waals surface area contributed by atoms with Crippen molar-refractivity contribution in [2.75, 3.05) is 0 Å². The van der Waals surface area contributed by atoms with Gasteiger partial charge in [0, 0.05) is 42.9 Å². The van der Waals surface area contributed by atoms with Gasteiger partial charge in [-0.2, -0.15) is 0 Å². The Morgan fingerprint density at radius 3 is 1.88 bits per heavy atom. The lowest BCUT2D eigenvalue weighted by atomic mass is 9.86. The van der Waals surface area contributed by atoms with E-state index in [1.807, 2.05) is 36.5 Å².